The van der Waals surface area contributed by atoms with Gasteiger partial charge in [-0.1, -0.05) is 6.92 Å². The van der Waals surface area contributed by atoms with Gasteiger partial charge in [0.15, 0.2) is 0 Å². The number of ether oxygens (including phenoxy) is 1. The molecular formula is C13H22N2O2. The van der Waals surface area contributed by atoms with Gasteiger partial charge in [-0.05, 0) is 25.8 Å². The Morgan fingerprint density at radius 3 is 2.82 bits per heavy atom. The molecule has 0 unspecified atom stereocenters. The average Bonchev–Trinajstić information content (AvgIpc) is 2.71. The van der Waals surface area contributed by atoms with Crippen molar-refractivity contribution in [2.24, 2.45) is 0 Å². The highest BCUT2D eigenvalue weighted by molar-refractivity contribution is 5.80. The maximum Gasteiger partial charge on any atom is 0.138 e. The Morgan fingerprint density at radius 1 is 1.47 bits per heavy atom. The molecule has 4 heteroatoms. The predicted octanol–water partition coefficient (Wildman–Crippen LogP) is 2.00. The summed E-state index contributed by atoms with van der Waals surface area (Å²) in [5, 5.41) is 4.44. The van der Waals surface area contributed by atoms with E-state index in [1.165, 1.54) is 0 Å². The molecule has 96 valence electrons. The number of rotatable bonds is 8. The summed E-state index contributed by atoms with van der Waals surface area (Å²) in [6.45, 7) is 5.59. The summed E-state index contributed by atoms with van der Waals surface area (Å²) >= 11 is 0. The Morgan fingerprint density at radius 2 is 2.24 bits per heavy atom. The second-order valence-corrected chi connectivity index (χ2v) is 4.11. The first-order valence-electron chi connectivity index (χ1n) is 6.27. The summed E-state index contributed by atoms with van der Waals surface area (Å²) in [5.74, 6) is 0.263. The second kappa shape index (κ2) is 7.22. The summed E-state index contributed by atoms with van der Waals surface area (Å²) < 4.78 is 6.86. The lowest BCUT2D eigenvalue weighted by Gasteiger charge is -2.03. The average molecular weight is 238 g/mol. The third kappa shape index (κ3) is 4.30. The van der Waals surface area contributed by atoms with Crippen molar-refractivity contribution in [3.63, 3.8) is 0 Å². The minimum absolute atomic E-state index is 0.263. The number of carbonyl (C=O) groups excluding carboxylic acids is 1. The Hall–Kier alpha value is -1.16. The topological polar surface area (TPSA) is 44.1 Å². The van der Waals surface area contributed by atoms with Crippen molar-refractivity contribution in [2.75, 3.05) is 13.7 Å². The molecule has 0 aliphatic rings. The van der Waals surface area contributed by atoms with Crippen molar-refractivity contribution in [1.82, 2.24) is 9.78 Å². The Labute approximate surface area is 103 Å². The molecule has 4 nitrogen and oxygen atoms in total. The van der Waals surface area contributed by atoms with Gasteiger partial charge in [0.2, 0.25) is 0 Å². The lowest BCUT2D eigenvalue weighted by atomic mass is 10.1. The fourth-order valence-electron chi connectivity index (χ4n) is 1.81. The van der Waals surface area contributed by atoms with Crippen molar-refractivity contribution in [1.29, 1.82) is 0 Å². The molecule has 1 rings (SSSR count). The molecule has 1 aromatic rings. The van der Waals surface area contributed by atoms with Crippen LogP contribution in [0.4, 0.5) is 0 Å². The third-order valence-electron chi connectivity index (χ3n) is 2.76. The van der Waals surface area contributed by atoms with E-state index in [1.54, 1.807) is 7.11 Å². The van der Waals surface area contributed by atoms with Crippen LogP contribution in [-0.2, 0) is 28.9 Å². The maximum absolute atomic E-state index is 11.8. The zero-order valence-corrected chi connectivity index (χ0v) is 11.0. The maximum atomic E-state index is 11.8. The minimum Gasteiger partial charge on any atom is -0.385 e. The molecule has 0 radical (unpaired) electrons. The van der Waals surface area contributed by atoms with E-state index >= 15 is 0 Å². The molecule has 0 saturated heterocycles. The van der Waals surface area contributed by atoms with Crippen LogP contribution in [0.1, 0.15) is 38.1 Å². The highest BCUT2D eigenvalue weighted by Crippen LogP contribution is 2.08. The van der Waals surface area contributed by atoms with Crippen LogP contribution in [0.5, 0.6) is 0 Å². The molecular weight excluding hydrogens is 216 g/mol. The summed E-state index contributed by atoms with van der Waals surface area (Å²) in [5.41, 5.74) is 2.10. The van der Waals surface area contributed by atoms with E-state index in [9.17, 15) is 4.79 Å². The first-order chi connectivity index (χ1) is 8.21. The molecule has 0 saturated carbocycles. The molecule has 0 aromatic carbocycles. The van der Waals surface area contributed by atoms with Gasteiger partial charge in [0.05, 0.1) is 5.69 Å². The van der Waals surface area contributed by atoms with Crippen molar-refractivity contribution < 1.29 is 9.53 Å². The monoisotopic (exact) mass is 238 g/mol. The number of methoxy groups -OCH3 is 1. The highest BCUT2D eigenvalue weighted by atomic mass is 16.5. The number of aryl methyl sites for hydroxylation is 2. The first kappa shape index (κ1) is 13.9. The van der Waals surface area contributed by atoms with Gasteiger partial charge < -0.3 is 4.74 Å². The standard InChI is InChI=1S/C13H22N2O2/c1-4-11-9-12(15(5-2)14-11)10-13(16)7-6-8-17-3/h9H,4-8,10H2,1-3H3. The SMILES string of the molecule is CCc1cc(CC(=O)CCCOC)n(CC)n1. The van der Waals surface area contributed by atoms with Crippen LogP contribution in [0.15, 0.2) is 6.07 Å². The molecule has 17 heavy (non-hydrogen) atoms. The van der Waals surface area contributed by atoms with Crippen molar-refractivity contribution in [3.8, 4) is 0 Å². The Balaban J connectivity index is 2.54. The molecule has 1 heterocycles. The van der Waals surface area contributed by atoms with Crippen LogP contribution in [0.3, 0.4) is 0 Å². The molecule has 0 amide bonds. The number of aromatic nitrogens is 2. The highest BCUT2D eigenvalue weighted by Gasteiger charge is 2.10. The number of hydrogen-bond acceptors (Lipinski definition) is 3. The largest absolute Gasteiger partial charge is 0.385 e. The normalized spacial score (nSPS) is 10.8. The van der Waals surface area contributed by atoms with Crippen LogP contribution >= 0.6 is 0 Å². The Kier molecular flexibility index (Phi) is 5.91. The van der Waals surface area contributed by atoms with Gasteiger partial charge >= 0.3 is 0 Å². The van der Waals surface area contributed by atoms with E-state index < -0.39 is 0 Å². The fraction of sp³-hybridized carbons (Fsp3) is 0.692. The first-order valence-corrected chi connectivity index (χ1v) is 6.27. The van der Waals surface area contributed by atoms with E-state index in [0.717, 1.165) is 30.8 Å². The van der Waals surface area contributed by atoms with Crippen molar-refractivity contribution >= 4 is 5.78 Å². The minimum atomic E-state index is 0.263. The smallest absolute Gasteiger partial charge is 0.138 e. The lowest BCUT2D eigenvalue weighted by molar-refractivity contribution is -0.118. The molecule has 0 aliphatic carbocycles. The number of nitrogens with zero attached hydrogens (tertiary/aromatic N) is 2. The summed E-state index contributed by atoms with van der Waals surface area (Å²) in [6.07, 6.45) is 2.79. The van der Waals surface area contributed by atoms with Gasteiger partial charge in [-0.25, -0.2) is 0 Å². The van der Waals surface area contributed by atoms with E-state index in [0.29, 0.717) is 19.4 Å². The van der Waals surface area contributed by atoms with Crippen molar-refractivity contribution in [2.45, 2.75) is 46.1 Å². The summed E-state index contributed by atoms with van der Waals surface area (Å²) in [6, 6.07) is 2.04. The lowest BCUT2D eigenvalue weighted by Crippen LogP contribution is -2.09. The molecule has 0 N–H and O–H groups in total. The van der Waals surface area contributed by atoms with E-state index in [-0.39, 0.29) is 5.78 Å². The molecule has 0 spiro atoms. The fourth-order valence-corrected chi connectivity index (χ4v) is 1.81. The van der Waals surface area contributed by atoms with Gasteiger partial charge in [0, 0.05) is 38.8 Å². The molecule has 1 aromatic heterocycles. The molecule has 0 atom stereocenters. The van der Waals surface area contributed by atoms with E-state index in [4.69, 9.17) is 4.74 Å². The zero-order valence-electron chi connectivity index (χ0n) is 11.0. The molecule has 0 fully saturated rings. The number of Topliss-reactive ketones (excluding diaryl/α,β-unsaturated/α-hetero) is 1. The quantitative estimate of drug-likeness (QED) is 0.651. The number of hydrogen-bond donors (Lipinski definition) is 0. The van der Waals surface area contributed by atoms with E-state index in [1.807, 2.05) is 17.7 Å². The van der Waals surface area contributed by atoms with Gasteiger partial charge in [0.25, 0.3) is 0 Å². The summed E-state index contributed by atoms with van der Waals surface area (Å²) in [4.78, 5) is 11.8. The van der Waals surface area contributed by atoms with Gasteiger partial charge in [-0.2, -0.15) is 5.10 Å². The van der Waals surface area contributed by atoms with Crippen LogP contribution in [0.2, 0.25) is 0 Å². The van der Waals surface area contributed by atoms with Crippen LogP contribution in [0.25, 0.3) is 0 Å². The number of ketones is 1. The molecule has 0 aliphatic heterocycles. The van der Waals surface area contributed by atoms with Crippen LogP contribution in [0, 0.1) is 0 Å². The number of carbonyl (C=O) groups is 1. The third-order valence-corrected chi connectivity index (χ3v) is 2.76. The van der Waals surface area contributed by atoms with Gasteiger partial charge in [-0.15, -0.1) is 0 Å². The second-order valence-electron chi connectivity index (χ2n) is 4.11. The van der Waals surface area contributed by atoms with Gasteiger partial charge in [-0.3, -0.25) is 9.48 Å². The van der Waals surface area contributed by atoms with Crippen LogP contribution in [-0.4, -0.2) is 29.3 Å². The zero-order chi connectivity index (χ0) is 12.7. The predicted molar refractivity (Wildman–Crippen MR) is 67.1 cm³/mol. The van der Waals surface area contributed by atoms with Crippen LogP contribution < -0.4 is 0 Å². The van der Waals surface area contributed by atoms with Gasteiger partial charge in [0.1, 0.15) is 5.78 Å². The Bertz CT molecular complexity index is 358. The van der Waals surface area contributed by atoms with E-state index in [2.05, 4.69) is 12.0 Å². The van der Waals surface area contributed by atoms with Crippen molar-refractivity contribution in [3.05, 3.63) is 17.5 Å². The summed E-state index contributed by atoms with van der Waals surface area (Å²) in [7, 11) is 1.66. The molecule has 0 bridgehead atoms.